The lowest BCUT2D eigenvalue weighted by Crippen LogP contribution is -2.35. The maximum absolute atomic E-state index is 12.5. The Morgan fingerprint density at radius 3 is 2.72 bits per heavy atom. The fourth-order valence-corrected chi connectivity index (χ4v) is 5.44. The van der Waals surface area contributed by atoms with Gasteiger partial charge in [0, 0.05) is 11.4 Å². The first-order valence-electron chi connectivity index (χ1n) is 6.22. The minimum atomic E-state index is -0.222. The molecule has 0 aliphatic carbocycles. The lowest BCUT2D eigenvalue weighted by molar-refractivity contribution is -0.118. The van der Waals surface area contributed by atoms with Crippen molar-refractivity contribution >= 4 is 40.9 Å². The molecule has 1 heterocycles. The quantitative estimate of drug-likeness (QED) is 0.819. The van der Waals surface area contributed by atoms with Gasteiger partial charge in [0.05, 0.1) is 0 Å². The number of thioether (sulfide) groups is 2. The number of Topliss-reactive ketones (excluding diaryl/α,β-unsaturated/α-hetero) is 1. The molecule has 0 N–H and O–H groups in total. The third-order valence-corrected chi connectivity index (χ3v) is 7.00. The van der Waals surface area contributed by atoms with E-state index in [0.717, 1.165) is 23.5 Å². The predicted molar refractivity (Wildman–Crippen MR) is 82.7 cm³/mol. The highest BCUT2D eigenvalue weighted by Gasteiger charge is 2.38. The molecule has 0 spiro atoms. The van der Waals surface area contributed by atoms with Crippen molar-refractivity contribution in [1.82, 2.24) is 0 Å². The van der Waals surface area contributed by atoms with Crippen molar-refractivity contribution in [1.29, 1.82) is 0 Å². The van der Waals surface area contributed by atoms with Gasteiger partial charge in [0.25, 0.3) is 0 Å². The molecule has 1 aliphatic heterocycles. The third-order valence-electron chi connectivity index (χ3n) is 3.10. The third kappa shape index (κ3) is 3.25. The fraction of sp³-hybridized carbons (Fsp3) is 0.500. The topological polar surface area (TPSA) is 17.1 Å². The van der Waals surface area contributed by atoms with E-state index in [-0.39, 0.29) is 4.08 Å². The monoisotopic (exact) mass is 300 g/mol. The standard InChI is InChI=1S/C14H17ClOS2/c1-2-14(17-7-4-8-18-14)13(16)10-11-5-3-6-12(15)9-11/h3,5-6,9H,2,4,7-8,10H2,1H3. The Bertz CT molecular complexity index is 428. The summed E-state index contributed by atoms with van der Waals surface area (Å²) in [6, 6.07) is 7.62. The van der Waals surface area contributed by atoms with Crippen LogP contribution in [0.2, 0.25) is 5.02 Å². The highest BCUT2D eigenvalue weighted by molar-refractivity contribution is 8.19. The highest BCUT2D eigenvalue weighted by atomic mass is 35.5. The molecule has 98 valence electrons. The summed E-state index contributed by atoms with van der Waals surface area (Å²) >= 11 is 9.61. The number of carbonyl (C=O) groups excluding carboxylic acids is 1. The average molecular weight is 301 g/mol. The molecular formula is C14H17ClOS2. The largest absolute Gasteiger partial charge is 0.297 e. The minimum Gasteiger partial charge on any atom is -0.297 e. The Labute approximate surface area is 122 Å². The number of carbonyl (C=O) groups is 1. The van der Waals surface area contributed by atoms with Gasteiger partial charge in [-0.15, -0.1) is 23.5 Å². The van der Waals surface area contributed by atoms with E-state index in [1.165, 1.54) is 6.42 Å². The second kappa shape index (κ2) is 6.36. The summed E-state index contributed by atoms with van der Waals surface area (Å²) in [7, 11) is 0. The highest BCUT2D eigenvalue weighted by Crippen LogP contribution is 2.45. The average Bonchev–Trinajstić information content (AvgIpc) is 2.39. The SMILES string of the molecule is CCC1(C(=O)Cc2cccc(Cl)c2)SCCCS1. The molecule has 0 atom stereocenters. The number of rotatable bonds is 4. The first-order valence-corrected chi connectivity index (χ1v) is 8.57. The molecule has 4 heteroatoms. The molecule has 0 bridgehead atoms. The van der Waals surface area contributed by atoms with Gasteiger partial charge < -0.3 is 0 Å². The van der Waals surface area contributed by atoms with Crippen LogP contribution in [0.4, 0.5) is 0 Å². The second-order valence-electron chi connectivity index (χ2n) is 4.39. The smallest absolute Gasteiger partial charge is 0.163 e. The van der Waals surface area contributed by atoms with Crippen molar-refractivity contribution in [3.05, 3.63) is 34.9 Å². The molecule has 1 saturated heterocycles. The number of benzene rings is 1. The van der Waals surface area contributed by atoms with Gasteiger partial charge in [0.2, 0.25) is 0 Å². The van der Waals surface area contributed by atoms with Crippen LogP contribution in [0.5, 0.6) is 0 Å². The molecule has 1 aromatic carbocycles. The summed E-state index contributed by atoms with van der Waals surface area (Å²) in [5, 5.41) is 0.704. The van der Waals surface area contributed by atoms with Gasteiger partial charge in [-0.05, 0) is 42.0 Å². The van der Waals surface area contributed by atoms with Crippen LogP contribution in [0, 0.1) is 0 Å². The maximum atomic E-state index is 12.5. The van der Waals surface area contributed by atoms with Gasteiger partial charge in [-0.25, -0.2) is 0 Å². The maximum Gasteiger partial charge on any atom is 0.163 e. The summed E-state index contributed by atoms with van der Waals surface area (Å²) in [5.74, 6) is 2.53. The van der Waals surface area contributed by atoms with E-state index in [1.807, 2.05) is 47.8 Å². The van der Waals surface area contributed by atoms with Gasteiger partial charge in [-0.3, -0.25) is 4.79 Å². The molecule has 2 rings (SSSR count). The van der Waals surface area contributed by atoms with Gasteiger partial charge in [0.1, 0.15) is 4.08 Å². The van der Waals surface area contributed by atoms with E-state index in [1.54, 1.807) is 0 Å². The second-order valence-corrected chi connectivity index (χ2v) is 7.87. The molecule has 0 unspecified atom stereocenters. The Morgan fingerprint density at radius 2 is 2.11 bits per heavy atom. The summed E-state index contributed by atoms with van der Waals surface area (Å²) < 4.78 is -0.222. The summed E-state index contributed by atoms with van der Waals surface area (Å²) in [6.45, 7) is 2.11. The molecule has 0 saturated carbocycles. The van der Waals surface area contributed by atoms with Crippen molar-refractivity contribution in [3.63, 3.8) is 0 Å². The van der Waals surface area contributed by atoms with Crippen LogP contribution >= 0.6 is 35.1 Å². The van der Waals surface area contributed by atoms with Crippen molar-refractivity contribution in [2.75, 3.05) is 11.5 Å². The first-order chi connectivity index (χ1) is 8.66. The summed E-state index contributed by atoms with van der Waals surface area (Å²) in [5.41, 5.74) is 1.02. The molecular weight excluding hydrogens is 284 g/mol. The first kappa shape index (κ1) is 14.3. The van der Waals surface area contributed by atoms with E-state index in [9.17, 15) is 4.79 Å². The molecule has 0 radical (unpaired) electrons. The zero-order valence-corrected chi connectivity index (χ0v) is 12.8. The Balaban J connectivity index is 2.10. The molecule has 0 aromatic heterocycles. The normalized spacial score (nSPS) is 18.6. The van der Waals surface area contributed by atoms with Crippen molar-refractivity contribution in [2.45, 2.75) is 30.3 Å². The number of halogens is 1. The predicted octanol–water partition coefficient (Wildman–Crippen LogP) is 4.43. The van der Waals surface area contributed by atoms with Gasteiger partial charge >= 0.3 is 0 Å². The Morgan fingerprint density at radius 1 is 1.39 bits per heavy atom. The zero-order valence-electron chi connectivity index (χ0n) is 10.4. The van der Waals surface area contributed by atoms with Crippen LogP contribution in [-0.4, -0.2) is 21.4 Å². The summed E-state index contributed by atoms with van der Waals surface area (Å²) in [4.78, 5) is 12.5. The zero-order chi connectivity index (χ0) is 13.0. The van der Waals surface area contributed by atoms with E-state index < -0.39 is 0 Å². The Hall–Kier alpha value is -0.120. The molecule has 1 aromatic rings. The molecule has 18 heavy (non-hydrogen) atoms. The van der Waals surface area contributed by atoms with E-state index in [4.69, 9.17) is 11.6 Å². The van der Waals surface area contributed by atoms with E-state index in [2.05, 4.69) is 6.92 Å². The number of ketones is 1. The minimum absolute atomic E-state index is 0.222. The van der Waals surface area contributed by atoms with Gasteiger partial charge in [0.15, 0.2) is 5.78 Å². The van der Waals surface area contributed by atoms with Crippen LogP contribution < -0.4 is 0 Å². The molecule has 1 nitrogen and oxygen atoms in total. The molecule has 1 aliphatic rings. The van der Waals surface area contributed by atoms with Crippen LogP contribution in [0.1, 0.15) is 25.3 Å². The fourth-order valence-electron chi connectivity index (χ4n) is 2.10. The Kier molecular flexibility index (Phi) is 5.05. The van der Waals surface area contributed by atoms with Crippen LogP contribution in [-0.2, 0) is 11.2 Å². The van der Waals surface area contributed by atoms with Crippen molar-refractivity contribution < 1.29 is 4.79 Å². The molecule has 0 amide bonds. The lowest BCUT2D eigenvalue weighted by atomic mass is 10.1. The van der Waals surface area contributed by atoms with Gasteiger partial charge in [-0.2, -0.15) is 0 Å². The van der Waals surface area contributed by atoms with Crippen LogP contribution in [0.15, 0.2) is 24.3 Å². The van der Waals surface area contributed by atoms with Gasteiger partial charge in [-0.1, -0.05) is 30.7 Å². The number of hydrogen-bond donors (Lipinski definition) is 0. The van der Waals surface area contributed by atoms with Crippen molar-refractivity contribution in [2.24, 2.45) is 0 Å². The lowest BCUT2D eigenvalue weighted by Gasteiger charge is -2.33. The van der Waals surface area contributed by atoms with Crippen molar-refractivity contribution in [3.8, 4) is 0 Å². The van der Waals surface area contributed by atoms with E-state index >= 15 is 0 Å². The summed E-state index contributed by atoms with van der Waals surface area (Å²) in [6.07, 6.45) is 2.61. The molecule has 1 fully saturated rings. The van der Waals surface area contributed by atoms with E-state index in [0.29, 0.717) is 17.2 Å². The van der Waals surface area contributed by atoms with Crippen LogP contribution in [0.3, 0.4) is 0 Å². The number of hydrogen-bond acceptors (Lipinski definition) is 3. The van der Waals surface area contributed by atoms with Crippen LogP contribution in [0.25, 0.3) is 0 Å².